The van der Waals surface area contributed by atoms with Gasteiger partial charge in [0.2, 0.25) is 0 Å². The number of carbonyl (C=O) groups excluding carboxylic acids is 2. The SMILES string of the molecule is O=C(O)c1ccccc1-c1ccc(/C=C2\SC(=O)N(CCc3ccccc3)C2=O)o1. The van der Waals surface area contributed by atoms with E-state index in [1.807, 2.05) is 30.3 Å². The van der Waals surface area contributed by atoms with E-state index in [0.29, 0.717) is 30.0 Å². The summed E-state index contributed by atoms with van der Waals surface area (Å²) < 4.78 is 5.74. The molecule has 0 spiro atoms. The molecule has 7 heteroatoms. The minimum atomic E-state index is -1.05. The summed E-state index contributed by atoms with van der Waals surface area (Å²) in [5.74, 6) is -0.658. The molecular weight excluding hydrogens is 402 g/mol. The molecule has 3 aromatic rings. The minimum Gasteiger partial charge on any atom is -0.478 e. The standard InChI is InChI=1S/C23H17NO5S/c25-21-20(30-23(28)24(21)13-12-15-6-2-1-3-7-15)14-16-10-11-19(29-16)17-8-4-5-9-18(17)22(26)27/h1-11,14H,12-13H2,(H,26,27)/b20-14-. The van der Waals surface area contributed by atoms with Crippen LogP contribution in [0.15, 0.2) is 76.1 Å². The van der Waals surface area contributed by atoms with E-state index >= 15 is 0 Å². The summed E-state index contributed by atoms with van der Waals surface area (Å²) in [5, 5.41) is 9.03. The number of hydrogen-bond acceptors (Lipinski definition) is 5. The summed E-state index contributed by atoms with van der Waals surface area (Å²) in [5.41, 5.74) is 1.62. The summed E-state index contributed by atoms with van der Waals surface area (Å²) in [6, 6.07) is 19.5. The average Bonchev–Trinajstić information content (AvgIpc) is 3.32. The molecule has 0 radical (unpaired) electrons. The Morgan fingerprint density at radius 2 is 1.73 bits per heavy atom. The molecule has 2 amide bonds. The lowest BCUT2D eigenvalue weighted by atomic mass is 10.1. The van der Waals surface area contributed by atoms with Gasteiger partial charge >= 0.3 is 5.97 Å². The van der Waals surface area contributed by atoms with Crippen molar-refractivity contribution in [2.75, 3.05) is 6.54 Å². The largest absolute Gasteiger partial charge is 0.478 e. The highest BCUT2D eigenvalue weighted by Gasteiger charge is 2.34. The molecular formula is C23H17NO5S. The number of nitrogens with zero attached hydrogens (tertiary/aromatic N) is 1. The van der Waals surface area contributed by atoms with Crippen LogP contribution in [0.1, 0.15) is 21.7 Å². The van der Waals surface area contributed by atoms with Crippen molar-refractivity contribution in [2.24, 2.45) is 0 Å². The topological polar surface area (TPSA) is 87.8 Å². The van der Waals surface area contributed by atoms with E-state index < -0.39 is 5.97 Å². The Labute approximate surface area is 176 Å². The number of benzene rings is 2. The van der Waals surface area contributed by atoms with Gasteiger partial charge in [0.15, 0.2) is 0 Å². The number of hydrogen-bond donors (Lipinski definition) is 1. The Hall–Kier alpha value is -3.58. The maximum atomic E-state index is 12.7. The summed E-state index contributed by atoms with van der Waals surface area (Å²) in [4.78, 5) is 37.9. The van der Waals surface area contributed by atoms with E-state index in [1.54, 1.807) is 30.3 Å². The quantitative estimate of drug-likeness (QED) is 0.571. The number of furan rings is 1. The van der Waals surface area contributed by atoms with Crippen molar-refractivity contribution in [1.29, 1.82) is 0 Å². The third-order valence-corrected chi connectivity index (χ3v) is 5.57. The van der Waals surface area contributed by atoms with Crippen LogP contribution in [-0.4, -0.2) is 33.7 Å². The Balaban J connectivity index is 1.51. The normalized spacial score (nSPS) is 15.2. The highest BCUT2D eigenvalue weighted by molar-refractivity contribution is 8.18. The number of thioether (sulfide) groups is 1. The Bertz CT molecular complexity index is 1150. The molecule has 1 aliphatic heterocycles. The maximum Gasteiger partial charge on any atom is 0.336 e. The lowest BCUT2D eigenvalue weighted by Gasteiger charge is -2.11. The zero-order chi connectivity index (χ0) is 21.1. The highest BCUT2D eigenvalue weighted by atomic mass is 32.2. The molecule has 0 atom stereocenters. The van der Waals surface area contributed by atoms with Gasteiger partial charge in [0.05, 0.1) is 10.5 Å². The summed E-state index contributed by atoms with van der Waals surface area (Å²) >= 11 is 0.869. The molecule has 30 heavy (non-hydrogen) atoms. The predicted octanol–water partition coefficient (Wildman–Crippen LogP) is 4.92. The number of rotatable bonds is 6. The highest BCUT2D eigenvalue weighted by Crippen LogP contribution is 2.34. The van der Waals surface area contributed by atoms with Crippen LogP contribution in [0.4, 0.5) is 4.79 Å². The van der Waals surface area contributed by atoms with E-state index in [0.717, 1.165) is 17.3 Å². The molecule has 1 N–H and O–H groups in total. The van der Waals surface area contributed by atoms with Gasteiger partial charge in [-0.1, -0.05) is 48.5 Å². The van der Waals surface area contributed by atoms with Crippen molar-refractivity contribution in [2.45, 2.75) is 6.42 Å². The molecule has 2 aromatic carbocycles. The molecule has 1 fully saturated rings. The van der Waals surface area contributed by atoms with Crippen LogP contribution < -0.4 is 0 Å². The summed E-state index contributed by atoms with van der Waals surface area (Å²) in [6.45, 7) is 0.307. The van der Waals surface area contributed by atoms with Gasteiger partial charge < -0.3 is 9.52 Å². The van der Waals surface area contributed by atoms with E-state index in [4.69, 9.17) is 4.42 Å². The van der Waals surface area contributed by atoms with Crippen LogP contribution in [-0.2, 0) is 11.2 Å². The fourth-order valence-electron chi connectivity index (χ4n) is 3.17. The van der Waals surface area contributed by atoms with Gasteiger partial charge in [-0.2, -0.15) is 0 Å². The smallest absolute Gasteiger partial charge is 0.336 e. The number of carboxylic acids is 1. The molecule has 0 bridgehead atoms. The summed E-state index contributed by atoms with van der Waals surface area (Å²) in [7, 11) is 0. The Morgan fingerprint density at radius 1 is 1.00 bits per heavy atom. The fraction of sp³-hybridized carbons (Fsp3) is 0.0870. The molecule has 0 aliphatic carbocycles. The first kappa shape index (κ1) is 19.7. The second kappa shape index (κ2) is 8.42. The molecule has 1 aromatic heterocycles. The van der Waals surface area contributed by atoms with Crippen molar-refractivity contribution >= 4 is 35.0 Å². The van der Waals surface area contributed by atoms with Gasteiger partial charge in [0.1, 0.15) is 11.5 Å². The van der Waals surface area contributed by atoms with Gasteiger partial charge in [-0.3, -0.25) is 14.5 Å². The van der Waals surface area contributed by atoms with E-state index in [9.17, 15) is 19.5 Å². The second-order valence-electron chi connectivity index (χ2n) is 6.62. The van der Waals surface area contributed by atoms with Crippen LogP contribution in [0.5, 0.6) is 0 Å². The lowest BCUT2D eigenvalue weighted by molar-refractivity contribution is -0.122. The van der Waals surface area contributed by atoms with Crippen LogP contribution >= 0.6 is 11.8 Å². The van der Waals surface area contributed by atoms with E-state index in [1.165, 1.54) is 17.0 Å². The first-order valence-electron chi connectivity index (χ1n) is 9.25. The van der Waals surface area contributed by atoms with Crippen LogP contribution in [0, 0.1) is 0 Å². The molecule has 1 saturated heterocycles. The molecule has 6 nitrogen and oxygen atoms in total. The van der Waals surface area contributed by atoms with Crippen LogP contribution in [0.2, 0.25) is 0 Å². The van der Waals surface area contributed by atoms with Crippen molar-refractivity contribution < 1.29 is 23.9 Å². The molecule has 150 valence electrons. The third-order valence-electron chi connectivity index (χ3n) is 4.66. The predicted molar refractivity (Wildman–Crippen MR) is 114 cm³/mol. The van der Waals surface area contributed by atoms with E-state index in [2.05, 4.69) is 0 Å². The van der Waals surface area contributed by atoms with Gasteiger partial charge in [-0.25, -0.2) is 4.79 Å². The number of imide groups is 1. The van der Waals surface area contributed by atoms with Gasteiger partial charge in [-0.15, -0.1) is 0 Å². The van der Waals surface area contributed by atoms with Crippen molar-refractivity contribution in [3.8, 4) is 11.3 Å². The van der Waals surface area contributed by atoms with E-state index in [-0.39, 0.29) is 21.6 Å². The molecule has 1 aliphatic rings. The zero-order valence-electron chi connectivity index (χ0n) is 15.8. The van der Waals surface area contributed by atoms with Crippen molar-refractivity contribution in [1.82, 2.24) is 4.90 Å². The molecule has 2 heterocycles. The fourth-order valence-corrected chi connectivity index (χ4v) is 4.01. The minimum absolute atomic E-state index is 0.125. The monoisotopic (exact) mass is 419 g/mol. The number of amides is 2. The zero-order valence-corrected chi connectivity index (χ0v) is 16.6. The average molecular weight is 419 g/mol. The molecule has 4 rings (SSSR count). The Morgan fingerprint density at radius 3 is 2.50 bits per heavy atom. The van der Waals surface area contributed by atoms with Gasteiger partial charge in [-0.05, 0) is 41.9 Å². The van der Waals surface area contributed by atoms with Crippen LogP contribution in [0.3, 0.4) is 0 Å². The second-order valence-corrected chi connectivity index (χ2v) is 7.61. The third kappa shape index (κ3) is 4.06. The van der Waals surface area contributed by atoms with Gasteiger partial charge in [0, 0.05) is 18.2 Å². The number of carboxylic acid groups (broad SMARTS) is 1. The first-order chi connectivity index (χ1) is 14.5. The summed E-state index contributed by atoms with van der Waals surface area (Å²) in [6.07, 6.45) is 2.10. The molecule has 0 saturated carbocycles. The van der Waals surface area contributed by atoms with Crippen molar-refractivity contribution in [3.63, 3.8) is 0 Å². The lowest BCUT2D eigenvalue weighted by Crippen LogP contribution is -2.30. The maximum absolute atomic E-state index is 12.7. The van der Waals surface area contributed by atoms with Crippen LogP contribution in [0.25, 0.3) is 17.4 Å². The molecule has 0 unspecified atom stereocenters. The van der Waals surface area contributed by atoms with Gasteiger partial charge in [0.25, 0.3) is 11.1 Å². The van der Waals surface area contributed by atoms with Crippen molar-refractivity contribution in [3.05, 3.63) is 88.5 Å². The number of aromatic carboxylic acids is 1. The Kier molecular flexibility index (Phi) is 5.54. The first-order valence-corrected chi connectivity index (χ1v) is 10.1. The number of carbonyl (C=O) groups is 3.